The van der Waals surface area contributed by atoms with Gasteiger partial charge in [0.1, 0.15) is 5.75 Å². The van der Waals surface area contributed by atoms with Crippen LogP contribution in [0.15, 0.2) is 24.3 Å². The van der Waals surface area contributed by atoms with Gasteiger partial charge in [-0.1, -0.05) is 0 Å². The minimum atomic E-state index is 0.274. The van der Waals surface area contributed by atoms with Crippen molar-refractivity contribution in [1.29, 1.82) is 0 Å². The van der Waals surface area contributed by atoms with Gasteiger partial charge in [0, 0.05) is 25.3 Å². The molecular formula is C13H20N2O2. The Balaban J connectivity index is 2.00. The normalized spacial score (nSPS) is 20.4. The van der Waals surface area contributed by atoms with E-state index in [9.17, 15) is 0 Å². The second-order valence-corrected chi connectivity index (χ2v) is 4.19. The number of benzene rings is 1. The molecule has 1 unspecified atom stereocenters. The van der Waals surface area contributed by atoms with Crippen molar-refractivity contribution in [3.63, 3.8) is 0 Å². The molecule has 2 rings (SSSR count). The van der Waals surface area contributed by atoms with Crippen LogP contribution >= 0.6 is 0 Å². The lowest BCUT2D eigenvalue weighted by Gasteiger charge is -2.34. The van der Waals surface area contributed by atoms with E-state index in [1.807, 2.05) is 19.2 Å². The summed E-state index contributed by atoms with van der Waals surface area (Å²) in [6.45, 7) is 3.57. The fourth-order valence-corrected chi connectivity index (χ4v) is 2.10. The van der Waals surface area contributed by atoms with Gasteiger partial charge in [-0.05, 0) is 31.3 Å². The number of morpholine rings is 1. The second kappa shape index (κ2) is 5.89. The molecule has 1 saturated heterocycles. The van der Waals surface area contributed by atoms with Crippen LogP contribution in [0.1, 0.15) is 0 Å². The number of anilines is 1. The van der Waals surface area contributed by atoms with Crippen LogP contribution in [0, 0.1) is 0 Å². The standard InChI is InChI=1S/C13H20N2O2/c1-14-9-13-10-15(7-8-17-13)11-3-5-12(16-2)6-4-11/h3-6,13-14H,7-10H2,1-2H3. The topological polar surface area (TPSA) is 33.7 Å². The molecule has 1 N–H and O–H groups in total. The molecule has 1 aromatic rings. The molecule has 0 spiro atoms. The average Bonchev–Trinajstić information content (AvgIpc) is 2.40. The van der Waals surface area contributed by atoms with Gasteiger partial charge in [0.25, 0.3) is 0 Å². The molecule has 0 amide bonds. The first kappa shape index (κ1) is 12.2. The first-order chi connectivity index (χ1) is 8.33. The molecule has 4 heteroatoms. The third kappa shape index (κ3) is 3.11. The van der Waals surface area contributed by atoms with Gasteiger partial charge in [0.15, 0.2) is 0 Å². The molecule has 0 aliphatic carbocycles. The Hall–Kier alpha value is -1.26. The Labute approximate surface area is 103 Å². The summed E-state index contributed by atoms with van der Waals surface area (Å²) in [5.41, 5.74) is 1.23. The zero-order valence-corrected chi connectivity index (χ0v) is 10.5. The van der Waals surface area contributed by atoms with Gasteiger partial charge in [0.05, 0.1) is 19.8 Å². The maximum atomic E-state index is 5.69. The highest BCUT2D eigenvalue weighted by molar-refractivity contribution is 5.49. The van der Waals surface area contributed by atoms with Crippen LogP contribution in [0.2, 0.25) is 0 Å². The minimum absolute atomic E-state index is 0.274. The number of hydrogen-bond acceptors (Lipinski definition) is 4. The molecule has 0 bridgehead atoms. The molecule has 1 fully saturated rings. The smallest absolute Gasteiger partial charge is 0.119 e. The zero-order chi connectivity index (χ0) is 12.1. The summed E-state index contributed by atoms with van der Waals surface area (Å²) in [6, 6.07) is 8.19. The lowest BCUT2D eigenvalue weighted by Crippen LogP contribution is -2.46. The Bertz CT molecular complexity index is 338. The van der Waals surface area contributed by atoms with E-state index in [0.717, 1.165) is 32.0 Å². The van der Waals surface area contributed by atoms with Crippen molar-refractivity contribution < 1.29 is 9.47 Å². The fraction of sp³-hybridized carbons (Fsp3) is 0.538. The lowest BCUT2D eigenvalue weighted by atomic mass is 10.2. The van der Waals surface area contributed by atoms with Gasteiger partial charge >= 0.3 is 0 Å². The molecule has 0 radical (unpaired) electrons. The van der Waals surface area contributed by atoms with E-state index < -0.39 is 0 Å². The predicted molar refractivity (Wildman–Crippen MR) is 68.9 cm³/mol. The number of methoxy groups -OCH3 is 1. The Kier molecular flexibility index (Phi) is 4.23. The maximum Gasteiger partial charge on any atom is 0.119 e. The fourth-order valence-electron chi connectivity index (χ4n) is 2.10. The predicted octanol–water partition coefficient (Wildman–Crippen LogP) is 1.12. The molecule has 1 heterocycles. The van der Waals surface area contributed by atoms with Crippen LogP contribution in [-0.2, 0) is 4.74 Å². The van der Waals surface area contributed by atoms with Gasteiger partial charge in [-0.3, -0.25) is 0 Å². The van der Waals surface area contributed by atoms with E-state index >= 15 is 0 Å². The monoisotopic (exact) mass is 236 g/mol. The summed E-state index contributed by atoms with van der Waals surface area (Å²) in [6.07, 6.45) is 0.274. The van der Waals surface area contributed by atoms with Crippen molar-refractivity contribution in [1.82, 2.24) is 5.32 Å². The van der Waals surface area contributed by atoms with E-state index in [-0.39, 0.29) is 6.10 Å². The maximum absolute atomic E-state index is 5.69. The molecular weight excluding hydrogens is 216 g/mol. The van der Waals surface area contributed by atoms with Crippen LogP contribution < -0.4 is 15.0 Å². The van der Waals surface area contributed by atoms with E-state index in [4.69, 9.17) is 9.47 Å². The number of hydrogen-bond donors (Lipinski definition) is 1. The first-order valence-corrected chi connectivity index (χ1v) is 5.98. The summed E-state index contributed by atoms with van der Waals surface area (Å²) < 4.78 is 10.8. The first-order valence-electron chi connectivity index (χ1n) is 5.98. The van der Waals surface area contributed by atoms with Crippen molar-refractivity contribution in [2.45, 2.75) is 6.10 Å². The summed E-state index contributed by atoms with van der Waals surface area (Å²) in [5.74, 6) is 0.897. The van der Waals surface area contributed by atoms with Crippen LogP contribution in [0.25, 0.3) is 0 Å². The van der Waals surface area contributed by atoms with Gasteiger partial charge in [-0.15, -0.1) is 0 Å². The molecule has 1 aliphatic rings. The van der Waals surface area contributed by atoms with Crippen LogP contribution in [0.4, 0.5) is 5.69 Å². The number of nitrogens with one attached hydrogen (secondary N) is 1. The lowest BCUT2D eigenvalue weighted by molar-refractivity contribution is 0.0422. The third-order valence-electron chi connectivity index (χ3n) is 3.01. The number of nitrogens with zero attached hydrogens (tertiary/aromatic N) is 1. The molecule has 94 valence electrons. The zero-order valence-electron chi connectivity index (χ0n) is 10.5. The van der Waals surface area contributed by atoms with E-state index in [2.05, 4.69) is 22.3 Å². The average molecular weight is 236 g/mol. The molecule has 1 aliphatic heterocycles. The molecule has 0 saturated carbocycles. The van der Waals surface area contributed by atoms with Crippen molar-refractivity contribution in [2.24, 2.45) is 0 Å². The Morgan fingerprint density at radius 1 is 1.41 bits per heavy atom. The van der Waals surface area contributed by atoms with Gasteiger partial charge < -0.3 is 19.7 Å². The van der Waals surface area contributed by atoms with Gasteiger partial charge in [-0.25, -0.2) is 0 Å². The summed E-state index contributed by atoms with van der Waals surface area (Å²) >= 11 is 0. The molecule has 0 aromatic heterocycles. The number of ether oxygens (including phenoxy) is 2. The summed E-state index contributed by atoms with van der Waals surface area (Å²) in [4.78, 5) is 2.35. The quantitative estimate of drug-likeness (QED) is 0.849. The Morgan fingerprint density at radius 2 is 2.18 bits per heavy atom. The van der Waals surface area contributed by atoms with Crippen molar-refractivity contribution in [3.05, 3.63) is 24.3 Å². The highest BCUT2D eigenvalue weighted by Gasteiger charge is 2.19. The SMILES string of the molecule is CNCC1CN(c2ccc(OC)cc2)CCO1. The van der Waals surface area contributed by atoms with E-state index in [1.54, 1.807) is 7.11 Å². The summed E-state index contributed by atoms with van der Waals surface area (Å²) in [7, 11) is 3.64. The van der Waals surface area contributed by atoms with Crippen molar-refractivity contribution in [2.75, 3.05) is 45.3 Å². The number of likely N-dealkylation sites (N-methyl/N-ethyl adjacent to an activating group) is 1. The highest BCUT2D eigenvalue weighted by atomic mass is 16.5. The number of rotatable bonds is 4. The molecule has 1 aromatic carbocycles. The second-order valence-electron chi connectivity index (χ2n) is 4.19. The van der Waals surface area contributed by atoms with Crippen LogP contribution in [-0.4, -0.2) is 46.5 Å². The van der Waals surface area contributed by atoms with Gasteiger partial charge in [-0.2, -0.15) is 0 Å². The molecule has 4 nitrogen and oxygen atoms in total. The van der Waals surface area contributed by atoms with E-state index in [1.165, 1.54) is 5.69 Å². The molecule has 1 atom stereocenters. The van der Waals surface area contributed by atoms with E-state index in [0.29, 0.717) is 0 Å². The van der Waals surface area contributed by atoms with Crippen LogP contribution in [0.5, 0.6) is 5.75 Å². The molecule has 17 heavy (non-hydrogen) atoms. The third-order valence-corrected chi connectivity index (χ3v) is 3.01. The highest BCUT2D eigenvalue weighted by Crippen LogP contribution is 2.21. The van der Waals surface area contributed by atoms with Crippen molar-refractivity contribution >= 4 is 5.69 Å². The summed E-state index contributed by atoms with van der Waals surface area (Å²) in [5, 5.41) is 3.16. The minimum Gasteiger partial charge on any atom is -0.497 e. The van der Waals surface area contributed by atoms with Crippen molar-refractivity contribution in [3.8, 4) is 5.75 Å². The van der Waals surface area contributed by atoms with Gasteiger partial charge in [0.2, 0.25) is 0 Å². The largest absolute Gasteiger partial charge is 0.497 e. The Morgan fingerprint density at radius 3 is 2.82 bits per heavy atom. The van der Waals surface area contributed by atoms with Crippen LogP contribution in [0.3, 0.4) is 0 Å².